The molecular formula is C13H17NO2. The van der Waals surface area contributed by atoms with Crippen molar-refractivity contribution in [1.82, 2.24) is 0 Å². The van der Waals surface area contributed by atoms with Crippen LogP contribution in [-0.4, -0.2) is 12.5 Å². The molecule has 1 aromatic rings. The van der Waals surface area contributed by atoms with E-state index in [0.717, 1.165) is 19.3 Å². The first-order chi connectivity index (χ1) is 7.77. The molecule has 1 amide bonds. The molecule has 0 saturated heterocycles. The van der Waals surface area contributed by atoms with Crippen LogP contribution in [0.1, 0.15) is 36.5 Å². The van der Waals surface area contributed by atoms with E-state index in [1.54, 1.807) is 0 Å². The van der Waals surface area contributed by atoms with Gasteiger partial charge in [0.25, 0.3) is 0 Å². The minimum atomic E-state index is -0.302. The van der Waals surface area contributed by atoms with Crippen LogP contribution in [-0.2, 0) is 16.0 Å². The van der Waals surface area contributed by atoms with Crippen molar-refractivity contribution < 1.29 is 9.53 Å². The standard InChI is InChI=1S/C13H17NO2/c14-13(15)8-9-16-12-7-3-5-10-4-1-2-6-11(10)12/h1-2,4,6,12H,3,5,7-9H2,(H2,14,15). The van der Waals surface area contributed by atoms with Crippen molar-refractivity contribution in [3.63, 3.8) is 0 Å². The Morgan fingerprint density at radius 3 is 3.06 bits per heavy atom. The van der Waals surface area contributed by atoms with Gasteiger partial charge in [-0.2, -0.15) is 0 Å². The molecule has 1 aromatic carbocycles. The van der Waals surface area contributed by atoms with Crippen molar-refractivity contribution in [2.75, 3.05) is 6.61 Å². The molecule has 86 valence electrons. The van der Waals surface area contributed by atoms with Crippen LogP contribution in [0.15, 0.2) is 24.3 Å². The molecule has 2 N–H and O–H groups in total. The van der Waals surface area contributed by atoms with Crippen LogP contribution in [0.2, 0.25) is 0 Å². The van der Waals surface area contributed by atoms with Crippen LogP contribution in [0, 0.1) is 0 Å². The van der Waals surface area contributed by atoms with Crippen LogP contribution < -0.4 is 5.73 Å². The summed E-state index contributed by atoms with van der Waals surface area (Å²) in [7, 11) is 0. The zero-order valence-electron chi connectivity index (χ0n) is 9.32. The smallest absolute Gasteiger partial charge is 0.219 e. The van der Waals surface area contributed by atoms with Crippen LogP contribution in [0.5, 0.6) is 0 Å². The fraction of sp³-hybridized carbons (Fsp3) is 0.462. The second-order valence-corrected chi connectivity index (χ2v) is 4.17. The quantitative estimate of drug-likeness (QED) is 0.841. The molecule has 0 fully saturated rings. The first-order valence-electron chi connectivity index (χ1n) is 5.75. The van der Waals surface area contributed by atoms with Gasteiger partial charge in [-0.1, -0.05) is 24.3 Å². The summed E-state index contributed by atoms with van der Waals surface area (Å²) in [4.78, 5) is 10.6. The lowest BCUT2D eigenvalue weighted by molar-refractivity contribution is -0.119. The molecule has 3 heteroatoms. The average molecular weight is 219 g/mol. The van der Waals surface area contributed by atoms with Gasteiger partial charge in [-0.15, -0.1) is 0 Å². The molecule has 1 unspecified atom stereocenters. The van der Waals surface area contributed by atoms with Gasteiger partial charge in [0, 0.05) is 6.42 Å². The zero-order chi connectivity index (χ0) is 11.4. The number of aryl methyl sites for hydroxylation is 1. The second kappa shape index (κ2) is 5.12. The highest BCUT2D eigenvalue weighted by atomic mass is 16.5. The molecule has 3 nitrogen and oxygen atoms in total. The Labute approximate surface area is 95.6 Å². The van der Waals surface area contributed by atoms with Gasteiger partial charge < -0.3 is 10.5 Å². The van der Waals surface area contributed by atoms with Crippen LogP contribution in [0.3, 0.4) is 0 Å². The van der Waals surface area contributed by atoms with Crippen LogP contribution in [0.4, 0.5) is 0 Å². The van der Waals surface area contributed by atoms with E-state index >= 15 is 0 Å². The fourth-order valence-corrected chi connectivity index (χ4v) is 2.18. The molecule has 2 rings (SSSR count). The molecule has 0 bridgehead atoms. The van der Waals surface area contributed by atoms with E-state index in [4.69, 9.17) is 10.5 Å². The summed E-state index contributed by atoms with van der Waals surface area (Å²) in [5.41, 5.74) is 7.73. The Morgan fingerprint density at radius 1 is 1.44 bits per heavy atom. The molecule has 0 heterocycles. The van der Waals surface area contributed by atoms with Crippen LogP contribution in [0.25, 0.3) is 0 Å². The van der Waals surface area contributed by atoms with Crippen molar-refractivity contribution in [3.05, 3.63) is 35.4 Å². The van der Waals surface area contributed by atoms with Crippen molar-refractivity contribution >= 4 is 5.91 Å². The fourth-order valence-electron chi connectivity index (χ4n) is 2.18. The largest absolute Gasteiger partial charge is 0.373 e. The minimum absolute atomic E-state index is 0.143. The molecule has 16 heavy (non-hydrogen) atoms. The molecule has 0 saturated carbocycles. The highest BCUT2D eigenvalue weighted by Gasteiger charge is 2.19. The Morgan fingerprint density at radius 2 is 2.25 bits per heavy atom. The van der Waals surface area contributed by atoms with Gasteiger partial charge in [-0.25, -0.2) is 0 Å². The van der Waals surface area contributed by atoms with E-state index in [1.165, 1.54) is 11.1 Å². The van der Waals surface area contributed by atoms with E-state index in [9.17, 15) is 4.79 Å². The number of ether oxygens (including phenoxy) is 1. The number of primary amides is 1. The van der Waals surface area contributed by atoms with Gasteiger partial charge in [-0.3, -0.25) is 4.79 Å². The van der Waals surface area contributed by atoms with Crippen molar-refractivity contribution in [3.8, 4) is 0 Å². The van der Waals surface area contributed by atoms with Gasteiger partial charge in [0.15, 0.2) is 0 Å². The summed E-state index contributed by atoms with van der Waals surface area (Å²) >= 11 is 0. The zero-order valence-corrected chi connectivity index (χ0v) is 9.32. The number of hydrogen-bond donors (Lipinski definition) is 1. The number of nitrogens with two attached hydrogens (primary N) is 1. The summed E-state index contributed by atoms with van der Waals surface area (Å²) in [6.45, 7) is 0.425. The lowest BCUT2D eigenvalue weighted by Crippen LogP contribution is -2.17. The van der Waals surface area contributed by atoms with Gasteiger partial charge in [0.2, 0.25) is 5.91 Å². The third-order valence-corrected chi connectivity index (χ3v) is 2.98. The molecule has 0 radical (unpaired) electrons. The summed E-state index contributed by atoms with van der Waals surface area (Å²) in [6.07, 6.45) is 3.77. The second-order valence-electron chi connectivity index (χ2n) is 4.17. The number of hydrogen-bond acceptors (Lipinski definition) is 2. The summed E-state index contributed by atoms with van der Waals surface area (Å²) in [5.74, 6) is -0.302. The highest BCUT2D eigenvalue weighted by molar-refractivity contribution is 5.73. The van der Waals surface area contributed by atoms with E-state index in [2.05, 4.69) is 18.2 Å². The predicted molar refractivity (Wildman–Crippen MR) is 61.9 cm³/mol. The Bertz CT molecular complexity index is 376. The summed E-state index contributed by atoms with van der Waals surface area (Å²) < 4.78 is 5.72. The normalized spacial score (nSPS) is 19.1. The Kier molecular flexibility index (Phi) is 3.57. The molecule has 1 atom stereocenters. The SMILES string of the molecule is NC(=O)CCOC1CCCc2ccccc21. The number of rotatable bonds is 4. The topological polar surface area (TPSA) is 52.3 Å². The van der Waals surface area contributed by atoms with Crippen LogP contribution >= 0.6 is 0 Å². The Hall–Kier alpha value is -1.35. The van der Waals surface area contributed by atoms with Gasteiger partial charge >= 0.3 is 0 Å². The maximum Gasteiger partial charge on any atom is 0.219 e. The average Bonchev–Trinajstić information content (AvgIpc) is 2.29. The summed E-state index contributed by atoms with van der Waals surface area (Å²) in [5, 5.41) is 0. The first-order valence-corrected chi connectivity index (χ1v) is 5.75. The lowest BCUT2D eigenvalue weighted by Gasteiger charge is -2.25. The number of fused-ring (bicyclic) bond motifs is 1. The minimum Gasteiger partial charge on any atom is -0.373 e. The number of carbonyl (C=O) groups is 1. The van der Waals surface area contributed by atoms with E-state index in [1.807, 2.05) is 6.07 Å². The van der Waals surface area contributed by atoms with Gasteiger partial charge in [0.1, 0.15) is 0 Å². The third kappa shape index (κ3) is 2.61. The predicted octanol–water partition coefficient (Wildman–Crippen LogP) is 1.96. The molecule has 0 aromatic heterocycles. The van der Waals surface area contributed by atoms with Crippen molar-refractivity contribution in [1.29, 1.82) is 0 Å². The molecule has 0 spiro atoms. The molecule has 1 aliphatic carbocycles. The molecule has 1 aliphatic rings. The van der Waals surface area contributed by atoms with E-state index in [-0.39, 0.29) is 12.0 Å². The van der Waals surface area contributed by atoms with Crippen molar-refractivity contribution in [2.24, 2.45) is 5.73 Å². The molecular weight excluding hydrogens is 202 g/mol. The monoisotopic (exact) mass is 219 g/mol. The number of benzene rings is 1. The highest BCUT2D eigenvalue weighted by Crippen LogP contribution is 2.32. The number of amides is 1. The van der Waals surface area contributed by atoms with Crippen molar-refractivity contribution in [2.45, 2.75) is 31.8 Å². The third-order valence-electron chi connectivity index (χ3n) is 2.98. The summed E-state index contributed by atoms with van der Waals surface area (Å²) in [6, 6.07) is 8.36. The lowest BCUT2D eigenvalue weighted by atomic mass is 9.89. The Balaban J connectivity index is 1.99. The van der Waals surface area contributed by atoms with Gasteiger partial charge in [-0.05, 0) is 30.4 Å². The van der Waals surface area contributed by atoms with Gasteiger partial charge in [0.05, 0.1) is 12.7 Å². The maximum atomic E-state index is 10.6. The molecule has 0 aliphatic heterocycles. The maximum absolute atomic E-state index is 10.6. The van der Waals surface area contributed by atoms with E-state index in [0.29, 0.717) is 13.0 Å². The van der Waals surface area contributed by atoms with E-state index < -0.39 is 0 Å². The number of carbonyl (C=O) groups excluding carboxylic acids is 1. The first kappa shape index (κ1) is 11.1.